The Hall–Kier alpha value is -2.81. The Kier molecular flexibility index (Phi) is 13.2. The fraction of sp³-hybridized carbons (Fsp3) is 0.875. The van der Waals surface area contributed by atoms with Gasteiger partial charge >= 0.3 is 12.1 Å². The van der Waals surface area contributed by atoms with E-state index in [-0.39, 0.29) is 44.2 Å². The van der Waals surface area contributed by atoms with E-state index in [4.69, 9.17) is 34.9 Å². The molecule has 3 aliphatic rings. The van der Waals surface area contributed by atoms with Crippen LogP contribution in [0.1, 0.15) is 87.0 Å². The van der Waals surface area contributed by atoms with Gasteiger partial charge in [-0.25, -0.2) is 4.79 Å². The van der Waals surface area contributed by atoms with Crippen LogP contribution in [0.15, 0.2) is 5.11 Å². The highest BCUT2D eigenvalue weighted by Crippen LogP contribution is 2.41. The molecule has 12 atom stereocenters. The van der Waals surface area contributed by atoms with Crippen LogP contribution in [-0.4, -0.2) is 108 Å². The van der Waals surface area contributed by atoms with Gasteiger partial charge in [-0.05, 0) is 65.3 Å². The lowest BCUT2D eigenvalue weighted by Gasteiger charge is -2.45. The molecule has 3 fully saturated rings. The van der Waals surface area contributed by atoms with Gasteiger partial charge in [0.2, 0.25) is 0 Å². The molecule has 3 saturated heterocycles. The van der Waals surface area contributed by atoms with Crippen LogP contribution in [0.3, 0.4) is 0 Å². The Morgan fingerprint density at radius 3 is 2.45 bits per heavy atom. The molecule has 0 saturated carbocycles. The standard InChI is InChI=1S/C32H53N5O10/c1-9-24-32(7)23(37(30(42)47-32)13-11-10-12-35-36-34)15-22(38)17(2)16-31(6,43-8)27(19(4)25(39)20(5)28(41)45-24)46-29-26(40)21(33)14-18(3)44-29/h17-21,23-24,26-27,29,40H,9-16,33H2,1-8H3/t17-,18?,19+,20-,21?,23-,24-,26?,27-,29+,31-,32+/m1/s1. The van der Waals surface area contributed by atoms with Crippen LogP contribution in [0.4, 0.5) is 4.79 Å². The molecule has 266 valence electrons. The molecule has 0 radical (unpaired) electrons. The third-order valence-electron chi connectivity index (χ3n) is 10.2. The third-order valence-corrected chi connectivity index (χ3v) is 10.2. The number of nitrogens with zero attached hydrogens (tertiary/aromatic N) is 4. The number of carbonyl (C=O) groups excluding carboxylic acids is 4. The van der Waals surface area contributed by atoms with E-state index in [9.17, 15) is 24.3 Å². The molecule has 0 aromatic heterocycles. The SMILES string of the molecule is CC[C@H]1OC(=O)[C@H](C)C(=O)[C@H](C)[C@@H](O[C@@H]2OC(C)CC(N)C2O)[C@](C)(OC)C[C@@H](C)C(=O)C[C@H]2N(CCCCN=[N+]=[N-])C(=O)O[C@]12C. The van der Waals surface area contributed by atoms with E-state index < -0.39 is 83.5 Å². The van der Waals surface area contributed by atoms with E-state index in [0.717, 1.165) is 0 Å². The van der Waals surface area contributed by atoms with Crippen LogP contribution in [0, 0.1) is 17.8 Å². The molecule has 0 aromatic rings. The van der Waals surface area contributed by atoms with Crippen LogP contribution in [0.25, 0.3) is 10.4 Å². The molecule has 0 aromatic carbocycles. The van der Waals surface area contributed by atoms with Crippen molar-refractivity contribution in [3.63, 3.8) is 0 Å². The predicted octanol–water partition coefficient (Wildman–Crippen LogP) is 3.43. The Morgan fingerprint density at radius 1 is 1.15 bits per heavy atom. The highest BCUT2D eigenvalue weighted by Gasteiger charge is 2.58. The van der Waals surface area contributed by atoms with Crippen molar-refractivity contribution in [3.8, 4) is 0 Å². The molecule has 3 aliphatic heterocycles. The maximum absolute atomic E-state index is 14.0. The fourth-order valence-electron chi connectivity index (χ4n) is 7.18. The van der Waals surface area contributed by atoms with Crippen molar-refractivity contribution in [3.05, 3.63) is 10.4 Å². The second-order valence-electron chi connectivity index (χ2n) is 13.7. The molecule has 3 N–H and O–H groups in total. The van der Waals surface area contributed by atoms with Gasteiger partial charge in [0.05, 0.1) is 23.9 Å². The number of Topliss-reactive ketones (excluding diaryl/α,β-unsaturated/α-hetero) is 2. The quantitative estimate of drug-likeness (QED) is 0.0907. The smallest absolute Gasteiger partial charge is 0.410 e. The zero-order chi connectivity index (χ0) is 35.3. The summed E-state index contributed by atoms with van der Waals surface area (Å²) >= 11 is 0. The Balaban J connectivity index is 2.05. The predicted molar refractivity (Wildman–Crippen MR) is 169 cm³/mol. The van der Waals surface area contributed by atoms with Gasteiger partial charge in [-0.15, -0.1) is 0 Å². The number of fused-ring (bicyclic) bond motifs is 1. The highest BCUT2D eigenvalue weighted by atomic mass is 16.7. The lowest BCUT2D eigenvalue weighted by atomic mass is 9.76. The molecular weight excluding hydrogens is 614 g/mol. The summed E-state index contributed by atoms with van der Waals surface area (Å²) in [5, 5.41) is 14.4. The van der Waals surface area contributed by atoms with E-state index in [0.29, 0.717) is 19.3 Å². The Morgan fingerprint density at radius 2 is 1.83 bits per heavy atom. The maximum atomic E-state index is 14.0. The molecular formula is C32H53N5O10. The number of unbranched alkanes of at least 4 members (excludes halogenated alkanes) is 1. The van der Waals surface area contributed by atoms with E-state index >= 15 is 0 Å². The summed E-state index contributed by atoms with van der Waals surface area (Å²) in [7, 11) is 1.45. The Labute approximate surface area is 276 Å². The molecule has 3 unspecified atom stereocenters. The number of rotatable bonds is 9. The first-order valence-corrected chi connectivity index (χ1v) is 16.6. The van der Waals surface area contributed by atoms with Crippen LogP contribution < -0.4 is 5.73 Å². The number of hydrogen-bond donors (Lipinski definition) is 2. The number of cyclic esters (lactones) is 1. The lowest BCUT2D eigenvalue weighted by Crippen LogP contribution is -2.59. The van der Waals surface area contributed by atoms with Gasteiger partial charge in [-0.3, -0.25) is 14.4 Å². The van der Waals surface area contributed by atoms with Crippen molar-refractivity contribution in [1.29, 1.82) is 0 Å². The number of nitrogens with two attached hydrogens (primary N) is 1. The first-order chi connectivity index (χ1) is 22.0. The summed E-state index contributed by atoms with van der Waals surface area (Å²) in [4.78, 5) is 59.1. The number of azide groups is 1. The number of methoxy groups -OCH3 is 1. The largest absolute Gasteiger partial charge is 0.458 e. The van der Waals surface area contributed by atoms with Crippen molar-refractivity contribution in [2.45, 2.75) is 141 Å². The van der Waals surface area contributed by atoms with Crippen molar-refractivity contribution >= 4 is 23.6 Å². The first-order valence-electron chi connectivity index (χ1n) is 16.6. The van der Waals surface area contributed by atoms with Gasteiger partial charge in [0.1, 0.15) is 23.9 Å². The van der Waals surface area contributed by atoms with Crippen LogP contribution >= 0.6 is 0 Å². The highest BCUT2D eigenvalue weighted by molar-refractivity contribution is 6.00. The number of ketones is 2. The lowest BCUT2D eigenvalue weighted by molar-refractivity contribution is -0.288. The summed E-state index contributed by atoms with van der Waals surface area (Å²) < 4.78 is 30.1. The second kappa shape index (κ2) is 16.1. The topological polar surface area (TPSA) is 213 Å². The van der Waals surface area contributed by atoms with Crippen LogP contribution in [0.5, 0.6) is 0 Å². The zero-order valence-corrected chi connectivity index (χ0v) is 28.9. The van der Waals surface area contributed by atoms with E-state index in [2.05, 4.69) is 10.0 Å². The molecule has 0 bridgehead atoms. The average Bonchev–Trinajstić information content (AvgIpc) is 3.26. The van der Waals surface area contributed by atoms with Gasteiger partial charge < -0.3 is 39.4 Å². The number of hydrogen-bond acceptors (Lipinski definition) is 12. The minimum Gasteiger partial charge on any atom is -0.458 e. The Bertz CT molecular complexity index is 1200. The van der Waals surface area contributed by atoms with Crippen molar-refractivity contribution in [2.24, 2.45) is 28.6 Å². The van der Waals surface area contributed by atoms with Crippen molar-refractivity contribution < 1.29 is 48.0 Å². The maximum Gasteiger partial charge on any atom is 0.410 e. The van der Waals surface area contributed by atoms with Gasteiger partial charge in [-0.2, -0.15) is 0 Å². The molecule has 3 heterocycles. The van der Waals surface area contributed by atoms with Crippen LogP contribution in [-0.2, 0) is 38.1 Å². The minimum absolute atomic E-state index is 0.0972. The molecule has 15 heteroatoms. The van der Waals surface area contributed by atoms with E-state index in [1.54, 1.807) is 41.5 Å². The summed E-state index contributed by atoms with van der Waals surface area (Å²) in [5.41, 5.74) is 12.1. The molecule has 1 amide bonds. The summed E-state index contributed by atoms with van der Waals surface area (Å²) in [6.45, 7) is 12.2. The molecule has 15 nitrogen and oxygen atoms in total. The van der Waals surface area contributed by atoms with Crippen molar-refractivity contribution in [1.82, 2.24) is 4.90 Å². The number of carbonyl (C=O) groups is 4. The average molecular weight is 668 g/mol. The van der Waals surface area contributed by atoms with E-state index in [1.807, 2.05) is 0 Å². The number of esters is 1. The van der Waals surface area contributed by atoms with E-state index in [1.165, 1.54) is 18.9 Å². The van der Waals surface area contributed by atoms with Crippen LogP contribution in [0.2, 0.25) is 0 Å². The zero-order valence-electron chi connectivity index (χ0n) is 28.9. The van der Waals surface area contributed by atoms with Gasteiger partial charge in [0.25, 0.3) is 0 Å². The number of aliphatic hydroxyl groups excluding tert-OH is 1. The summed E-state index contributed by atoms with van der Waals surface area (Å²) in [6.07, 6.45) is -3.71. The first kappa shape index (κ1) is 38.6. The number of aliphatic hydroxyl groups is 1. The van der Waals surface area contributed by atoms with Gasteiger partial charge in [0.15, 0.2) is 17.7 Å². The third kappa shape index (κ3) is 8.44. The molecule has 3 rings (SSSR count). The normalized spacial score (nSPS) is 40.6. The van der Waals surface area contributed by atoms with Gasteiger partial charge in [0, 0.05) is 49.4 Å². The second-order valence-corrected chi connectivity index (χ2v) is 13.7. The monoisotopic (exact) mass is 667 g/mol. The molecule has 0 spiro atoms. The van der Waals surface area contributed by atoms with Gasteiger partial charge in [-0.1, -0.05) is 25.9 Å². The number of amides is 1. The summed E-state index contributed by atoms with van der Waals surface area (Å²) in [5.74, 6) is -4.34. The minimum atomic E-state index is -1.39. The molecule has 47 heavy (non-hydrogen) atoms. The fourth-order valence-corrected chi connectivity index (χ4v) is 7.18. The molecule has 0 aliphatic carbocycles. The summed E-state index contributed by atoms with van der Waals surface area (Å²) in [6, 6.07) is -1.42. The van der Waals surface area contributed by atoms with Crippen molar-refractivity contribution in [2.75, 3.05) is 20.2 Å². The number of ether oxygens (including phenoxy) is 5.